The molecule has 1 amide bonds. The number of hydrogen-bond acceptors (Lipinski definition) is 4. The molecule has 0 bridgehead atoms. The van der Waals surface area contributed by atoms with Gasteiger partial charge in [-0.05, 0) is 56.9 Å². The van der Waals surface area contributed by atoms with Crippen LogP contribution in [-0.2, 0) is 14.3 Å². The molecule has 0 radical (unpaired) electrons. The molecule has 0 N–H and O–H groups in total. The van der Waals surface area contributed by atoms with Crippen LogP contribution in [0.3, 0.4) is 0 Å². The fourth-order valence-electron chi connectivity index (χ4n) is 2.39. The van der Waals surface area contributed by atoms with Gasteiger partial charge in [0, 0.05) is 23.0 Å². The van der Waals surface area contributed by atoms with Crippen LogP contribution in [-0.4, -0.2) is 41.7 Å². The topological polar surface area (TPSA) is 46.6 Å². The molecule has 1 aliphatic carbocycles. The second-order valence-electron chi connectivity index (χ2n) is 6.00. The number of carbonyl (C=O) groups excluding carboxylic acids is 2. The highest BCUT2D eigenvalue weighted by Crippen LogP contribution is 2.31. The van der Waals surface area contributed by atoms with Crippen molar-refractivity contribution in [2.45, 2.75) is 43.3 Å². The van der Waals surface area contributed by atoms with E-state index >= 15 is 0 Å². The maximum atomic E-state index is 12.8. The SMILES string of the molecule is CCOC(=O)CCN(CC1CC1)C(=O)C(C)Sc1ccc(Cl)cc1. The quantitative estimate of drug-likeness (QED) is 0.487. The smallest absolute Gasteiger partial charge is 0.307 e. The molecular formula is C18H24ClNO3S. The molecule has 1 atom stereocenters. The van der Waals surface area contributed by atoms with Gasteiger partial charge in [-0.15, -0.1) is 11.8 Å². The van der Waals surface area contributed by atoms with Crippen LogP contribution in [0, 0.1) is 5.92 Å². The number of rotatable bonds is 9. The van der Waals surface area contributed by atoms with E-state index in [0.717, 1.165) is 11.4 Å². The average molecular weight is 370 g/mol. The van der Waals surface area contributed by atoms with Crippen molar-refractivity contribution in [3.63, 3.8) is 0 Å². The number of halogens is 1. The molecule has 0 saturated heterocycles. The highest BCUT2D eigenvalue weighted by atomic mass is 35.5. The molecule has 0 spiro atoms. The average Bonchev–Trinajstić information content (AvgIpc) is 3.37. The first kappa shape index (κ1) is 19.1. The van der Waals surface area contributed by atoms with Crippen molar-refractivity contribution in [3.05, 3.63) is 29.3 Å². The number of carbonyl (C=O) groups is 2. The zero-order valence-corrected chi connectivity index (χ0v) is 15.7. The Labute approximate surface area is 152 Å². The van der Waals surface area contributed by atoms with Crippen LogP contribution in [0.4, 0.5) is 0 Å². The zero-order chi connectivity index (χ0) is 17.5. The van der Waals surface area contributed by atoms with E-state index < -0.39 is 0 Å². The summed E-state index contributed by atoms with van der Waals surface area (Å²) in [6, 6.07) is 7.48. The lowest BCUT2D eigenvalue weighted by Gasteiger charge is -2.25. The predicted octanol–water partition coefficient (Wildman–Crippen LogP) is 4.01. The standard InChI is InChI=1S/C18H24ClNO3S/c1-3-23-17(21)10-11-20(12-14-4-5-14)18(22)13(2)24-16-8-6-15(19)7-9-16/h6-9,13-14H,3-5,10-12H2,1-2H3. The van der Waals surface area contributed by atoms with Gasteiger partial charge in [-0.2, -0.15) is 0 Å². The van der Waals surface area contributed by atoms with Gasteiger partial charge in [0.15, 0.2) is 0 Å². The van der Waals surface area contributed by atoms with Crippen LogP contribution >= 0.6 is 23.4 Å². The van der Waals surface area contributed by atoms with Crippen molar-refractivity contribution < 1.29 is 14.3 Å². The summed E-state index contributed by atoms with van der Waals surface area (Å²) >= 11 is 7.41. The lowest BCUT2D eigenvalue weighted by molar-refractivity contribution is -0.144. The molecule has 4 nitrogen and oxygen atoms in total. The lowest BCUT2D eigenvalue weighted by Crippen LogP contribution is -2.39. The molecule has 132 valence electrons. The summed E-state index contributed by atoms with van der Waals surface area (Å²) in [6.45, 7) is 5.24. The minimum atomic E-state index is -0.246. The van der Waals surface area contributed by atoms with Crippen molar-refractivity contribution >= 4 is 35.2 Å². The normalized spacial score (nSPS) is 15.0. The molecule has 1 aliphatic rings. The third kappa shape index (κ3) is 6.36. The van der Waals surface area contributed by atoms with Crippen LogP contribution < -0.4 is 0 Å². The summed E-state index contributed by atoms with van der Waals surface area (Å²) in [5, 5.41) is 0.482. The van der Waals surface area contributed by atoms with Crippen LogP contribution in [0.25, 0.3) is 0 Å². The minimum absolute atomic E-state index is 0.0751. The van der Waals surface area contributed by atoms with Gasteiger partial charge in [-0.3, -0.25) is 9.59 Å². The van der Waals surface area contributed by atoms with Crippen molar-refractivity contribution in [1.29, 1.82) is 0 Å². The summed E-state index contributed by atoms with van der Waals surface area (Å²) in [4.78, 5) is 27.2. The first-order chi connectivity index (χ1) is 11.5. The first-order valence-electron chi connectivity index (χ1n) is 8.36. The minimum Gasteiger partial charge on any atom is -0.466 e. The van der Waals surface area contributed by atoms with Gasteiger partial charge in [-0.25, -0.2) is 0 Å². The van der Waals surface area contributed by atoms with E-state index in [-0.39, 0.29) is 23.5 Å². The fraction of sp³-hybridized carbons (Fsp3) is 0.556. The maximum absolute atomic E-state index is 12.8. The van der Waals surface area contributed by atoms with Crippen molar-refractivity contribution in [2.75, 3.05) is 19.7 Å². The van der Waals surface area contributed by atoms with E-state index in [2.05, 4.69) is 0 Å². The molecule has 0 aliphatic heterocycles. The van der Waals surface area contributed by atoms with Crippen LogP contribution in [0.1, 0.15) is 33.1 Å². The summed E-state index contributed by atoms with van der Waals surface area (Å²) < 4.78 is 4.97. The Kier molecular flexibility index (Phi) is 7.43. The molecular weight excluding hydrogens is 346 g/mol. The first-order valence-corrected chi connectivity index (χ1v) is 9.62. The van der Waals surface area contributed by atoms with Crippen molar-refractivity contribution in [1.82, 2.24) is 4.90 Å². The van der Waals surface area contributed by atoms with Gasteiger partial charge in [0.25, 0.3) is 0 Å². The second-order valence-corrected chi connectivity index (χ2v) is 7.85. The van der Waals surface area contributed by atoms with Crippen molar-refractivity contribution in [3.8, 4) is 0 Å². The van der Waals surface area contributed by atoms with Gasteiger partial charge in [-0.1, -0.05) is 11.6 Å². The Bertz CT molecular complexity index is 560. The predicted molar refractivity (Wildman–Crippen MR) is 97.3 cm³/mol. The molecule has 1 aromatic carbocycles. The Balaban J connectivity index is 1.92. The third-order valence-corrected chi connectivity index (χ3v) is 5.20. The molecule has 0 heterocycles. The maximum Gasteiger partial charge on any atom is 0.307 e. The van der Waals surface area contributed by atoms with E-state index in [9.17, 15) is 9.59 Å². The number of nitrogens with zero attached hydrogens (tertiary/aromatic N) is 1. The van der Waals surface area contributed by atoms with E-state index in [1.807, 2.05) is 36.1 Å². The molecule has 6 heteroatoms. The summed E-state index contributed by atoms with van der Waals surface area (Å²) in [7, 11) is 0. The number of ether oxygens (including phenoxy) is 1. The monoisotopic (exact) mass is 369 g/mol. The zero-order valence-electron chi connectivity index (χ0n) is 14.2. The highest BCUT2D eigenvalue weighted by molar-refractivity contribution is 8.00. The number of hydrogen-bond donors (Lipinski definition) is 0. The summed E-state index contributed by atoms with van der Waals surface area (Å²) in [5.74, 6) is 0.416. The fourth-order valence-corrected chi connectivity index (χ4v) is 3.47. The van der Waals surface area contributed by atoms with Crippen LogP contribution in [0.15, 0.2) is 29.2 Å². The van der Waals surface area contributed by atoms with E-state index in [1.54, 1.807) is 6.92 Å². The highest BCUT2D eigenvalue weighted by Gasteiger charge is 2.29. The van der Waals surface area contributed by atoms with Crippen LogP contribution in [0.5, 0.6) is 0 Å². The van der Waals surface area contributed by atoms with Gasteiger partial charge >= 0.3 is 5.97 Å². The van der Waals surface area contributed by atoms with Crippen LogP contribution in [0.2, 0.25) is 5.02 Å². The summed E-state index contributed by atoms with van der Waals surface area (Å²) in [6.07, 6.45) is 2.59. The number of benzene rings is 1. The molecule has 1 aromatic rings. The number of thioether (sulfide) groups is 1. The number of amides is 1. The third-order valence-electron chi connectivity index (χ3n) is 3.85. The summed E-state index contributed by atoms with van der Waals surface area (Å²) in [5.41, 5.74) is 0. The molecule has 0 aromatic heterocycles. The number of esters is 1. The van der Waals surface area contributed by atoms with E-state index in [0.29, 0.717) is 24.1 Å². The molecule has 1 fully saturated rings. The van der Waals surface area contributed by atoms with Gasteiger partial charge in [0.1, 0.15) is 0 Å². The Hall–Kier alpha value is -1.20. The van der Waals surface area contributed by atoms with E-state index in [1.165, 1.54) is 24.6 Å². The van der Waals surface area contributed by atoms with Gasteiger partial charge in [0.05, 0.1) is 18.3 Å². The van der Waals surface area contributed by atoms with Gasteiger partial charge < -0.3 is 9.64 Å². The molecule has 1 unspecified atom stereocenters. The largest absolute Gasteiger partial charge is 0.466 e. The van der Waals surface area contributed by atoms with E-state index in [4.69, 9.17) is 16.3 Å². The van der Waals surface area contributed by atoms with Crippen molar-refractivity contribution in [2.24, 2.45) is 5.92 Å². The molecule has 2 rings (SSSR count). The van der Waals surface area contributed by atoms with Gasteiger partial charge in [0.2, 0.25) is 5.91 Å². The Morgan fingerprint density at radius 3 is 2.58 bits per heavy atom. The molecule has 1 saturated carbocycles. The lowest BCUT2D eigenvalue weighted by atomic mass is 10.3. The Morgan fingerprint density at radius 1 is 1.33 bits per heavy atom. The molecule has 24 heavy (non-hydrogen) atoms. The Morgan fingerprint density at radius 2 is 2.00 bits per heavy atom. The second kappa shape index (κ2) is 9.33.